The molecule has 0 radical (unpaired) electrons. The molecule has 0 spiro atoms. The highest BCUT2D eigenvalue weighted by Gasteiger charge is 1.86. The highest BCUT2D eigenvalue weighted by molar-refractivity contribution is 8.14. The van der Waals surface area contributed by atoms with E-state index in [1.165, 1.54) is 11.8 Å². The average Bonchev–Trinajstić information content (AvgIpc) is 1.35. The summed E-state index contributed by atoms with van der Waals surface area (Å²) >= 11 is 1.27. The first-order valence-corrected chi connectivity index (χ1v) is 3.23. The predicted molar refractivity (Wildman–Crippen MR) is 33.5 cm³/mol. The number of hydrogen-bond acceptors (Lipinski definition) is 2. The van der Waals surface area contributed by atoms with Crippen LogP contribution in [0, 0.1) is 0 Å². The Morgan fingerprint density at radius 1 is 2.00 bits per heavy atom. The Bertz CT molecular complexity index is 46.1. The summed E-state index contributed by atoms with van der Waals surface area (Å²) in [5.74, 6) is 0. The molecule has 0 aromatic heterocycles. The van der Waals surface area contributed by atoms with Crippen LogP contribution in [0.15, 0.2) is 0 Å². The van der Waals surface area contributed by atoms with E-state index < -0.39 is 0 Å². The summed E-state index contributed by atoms with van der Waals surface area (Å²) in [5.41, 5.74) is 0.845. The Morgan fingerprint density at radius 2 is 2.50 bits per heavy atom. The number of carbonyl (C=O) groups is 1. The molecule has 0 aliphatic carbocycles. The van der Waals surface area contributed by atoms with Gasteiger partial charge in [-0.1, -0.05) is 11.8 Å². The Balaban J connectivity index is 2.81. The average molecular weight is 122 g/mol. The molecule has 2 atom stereocenters. The van der Waals surface area contributed by atoms with E-state index in [1.807, 2.05) is 6.92 Å². The summed E-state index contributed by atoms with van der Waals surface area (Å²) in [6, 6.07) is 0. The molecular weight excluding hydrogens is 115 g/mol. The van der Waals surface area contributed by atoms with E-state index in [0.717, 1.165) is 5.62 Å². The third-order valence-electron chi connectivity index (χ3n) is 0.270. The minimum Gasteiger partial charge on any atom is -0.291 e. The van der Waals surface area contributed by atoms with Gasteiger partial charge >= 0.3 is 0 Å². The molecule has 0 aliphatic heterocycles. The topological polar surface area (TPSA) is 17.1 Å². The van der Waals surface area contributed by atoms with Gasteiger partial charge in [0.1, 0.15) is 0 Å². The van der Waals surface area contributed by atoms with Crippen molar-refractivity contribution in [3.8, 4) is 0 Å². The summed E-state index contributed by atoms with van der Waals surface area (Å²) in [6.45, 7) is 1.95. The highest BCUT2D eigenvalue weighted by Crippen LogP contribution is 2.11. The minimum atomic E-state index is 0.363. The molecular formula is C3H7OPS. The molecule has 0 amide bonds. The highest BCUT2D eigenvalue weighted by atomic mass is 32.2. The fraction of sp³-hybridized carbons (Fsp3) is 0.667. The molecule has 0 rings (SSSR count). The Morgan fingerprint density at radius 3 is 2.50 bits per heavy atom. The lowest BCUT2D eigenvalue weighted by molar-refractivity contribution is 0.570. The van der Waals surface area contributed by atoms with Gasteiger partial charge in [0.2, 0.25) is 0 Å². The zero-order valence-electron chi connectivity index (χ0n) is 3.55. The van der Waals surface area contributed by atoms with E-state index in [-0.39, 0.29) is 0 Å². The molecule has 1 nitrogen and oxygen atoms in total. The summed E-state index contributed by atoms with van der Waals surface area (Å²) < 4.78 is 0. The molecule has 0 aliphatic rings. The molecule has 0 bridgehead atoms. The van der Waals surface area contributed by atoms with Crippen LogP contribution in [0.1, 0.15) is 6.92 Å². The fourth-order valence-corrected chi connectivity index (χ4v) is 0.455. The van der Waals surface area contributed by atoms with Crippen molar-refractivity contribution in [3.63, 3.8) is 0 Å². The molecule has 36 valence electrons. The van der Waals surface area contributed by atoms with Crippen LogP contribution in [0.4, 0.5) is 0 Å². The van der Waals surface area contributed by atoms with Gasteiger partial charge in [-0.25, -0.2) is 0 Å². The minimum absolute atomic E-state index is 0.363. The number of carbonyl (C=O) groups excluding carboxylic acids is 1. The van der Waals surface area contributed by atoms with Gasteiger partial charge in [0.15, 0.2) is 5.62 Å². The normalized spacial score (nSPS) is 13.7. The van der Waals surface area contributed by atoms with Crippen LogP contribution in [0.2, 0.25) is 0 Å². The largest absolute Gasteiger partial charge is 0.291 e. The van der Waals surface area contributed by atoms with Gasteiger partial charge in [-0.3, -0.25) is 4.79 Å². The quantitative estimate of drug-likeness (QED) is 0.403. The number of rotatable bonds is 2. The maximum absolute atomic E-state index is 9.56. The van der Waals surface area contributed by atoms with Crippen molar-refractivity contribution in [1.82, 2.24) is 0 Å². The van der Waals surface area contributed by atoms with Gasteiger partial charge in [0, 0.05) is 4.99 Å². The van der Waals surface area contributed by atoms with Gasteiger partial charge in [0.25, 0.3) is 0 Å². The van der Waals surface area contributed by atoms with Crippen LogP contribution in [0.5, 0.6) is 0 Å². The van der Waals surface area contributed by atoms with Crippen molar-refractivity contribution in [1.29, 1.82) is 0 Å². The Hall–Kier alpha value is 0.450. The monoisotopic (exact) mass is 122 g/mol. The first kappa shape index (κ1) is 6.45. The van der Waals surface area contributed by atoms with Crippen LogP contribution in [-0.4, -0.2) is 10.6 Å². The van der Waals surface area contributed by atoms with Gasteiger partial charge in [-0.2, -0.15) is 0 Å². The maximum Gasteiger partial charge on any atom is 0.176 e. The fourth-order valence-electron chi connectivity index (χ4n) is 0.0876. The molecule has 6 heavy (non-hydrogen) atoms. The number of thioether (sulfide) groups is 1. The third kappa shape index (κ3) is 4.45. The Labute approximate surface area is 44.1 Å². The third-order valence-corrected chi connectivity index (χ3v) is 1.28. The van der Waals surface area contributed by atoms with Crippen molar-refractivity contribution in [3.05, 3.63) is 0 Å². The van der Waals surface area contributed by atoms with Crippen LogP contribution in [0.3, 0.4) is 0 Å². The van der Waals surface area contributed by atoms with Gasteiger partial charge in [0.05, 0.1) is 0 Å². The second-order valence-corrected chi connectivity index (χ2v) is 3.63. The van der Waals surface area contributed by atoms with Crippen molar-refractivity contribution < 1.29 is 4.79 Å². The van der Waals surface area contributed by atoms with Crippen molar-refractivity contribution in [2.45, 2.75) is 11.9 Å². The van der Waals surface area contributed by atoms with E-state index in [2.05, 4.69) is 9.24 Å². The zero-order chi connectivity index (χ0) is 4.99. The van der Waals surface area contributed by atoms with Crippen LogP contribution in [-0.2, 0) is 4.79 Å². The van der Waals surface area contributed by atoms with Crippen molar-refractivity contribution in [2.24, 2.45) is 0 Å². The zero-order valence-corrected chi connectivity index (χ0v) is 5.52. The lowest BCUT2D eigenvalue weighted by Crippen LogP contribution is -1.76. The van der Waals surface area contributed by atoms with E-state index in [4.69, 9.17) is 0 Å². The SMILES string of the molecule is CC(P)SC=O. The molecule has 0 saturated carbocycles. The van der Waals surface area contributed by atoms with Gasteiger partial charge in [-0.05, 0) is 6.92 Å². The lowest BCUT2D eigenvalue weighted by Gasteiger charge is -1.89. The molecule has 0 fully saturated rings. The Kier molecular flexibility index (Phi) is 3.91. The molecule has 0 saturated heterocycles. The number of hydrogen-bond donors (Lipinski definition) is 0. The van der Waals surface area contributed by atoms with E-state index >= 15 is 0 Å². The first-order chi connectivity index (χ1) is 2.77. The molecule has 2 unspecified atom stereocenters. The van der Waals surface area contributed by atoms with Crippen LogP contribution in [0.25, 0.3) is 0 Å². The van der Waals surface area contributed by atoms with Gasteiger partial charge < -0.3 is 0 Å². The standard InChI is InChI=1S/C3H7OPS/c1-3(5)6-2-4/h2-3H,5H2,1H3. The summed E-state index contributed by atoms with van der Waals surface area (Å²) in [5, 5.41) is 0. The smallest absolute Gasteiger partial charge is 0.176 e. The summed E-state index contributed by atoms with van der Waals surface area (Å²) in [6.07, 6.45) is 0. The molecule has 0 heterocycles. The van der Waals surface area contributed by atoms with Gasteiger partial charge in [-0.15, -0.1) is 9.24 Å². The maximum atomic E-state index is 9.56. The molecule has 0 aromatic rings. The lowest BCUT2D eigenvalue weighted by atomic mass is 11.0. The van der Waals surface area contributed by atoms with Crippen LogP contribution < -0.4 is 0 Å². The van der Waals surface area contributed by atoms with Crippen molar-refractivity contribution in [2.75, 3.05) is 0 Å². The first-order valence-electron chi connectivity index (χ1n) is 1.62. The predicted octanol–water partition coefficient (Wildman–Crippen LogP) is 1.13. The molecule has 0 N–H and O–H groups in total. The van der Waals surface area contributed by atoms with Crippen LogP contribution >= 0.6 is 21.0 Å². The second-order valence-electron chi connectivity index (χ2n) is 0.937. The van der Waals surface area contributed by atoms with E-state index in [9.17, 15) is 4.79 Å². The summed E-state index contributed by atoms with van der Waals surface area (Å²) in [4.78, 5) is 9.93. The van der Waals surface area contributed by atoms with E-state index in [1.54, 1.807) is 0 Å². The van der Waals surface area contributed by atoms with E-state index in [0.29, 0.717) is 4.99 Å². The van der Waals surface area contributed by atoms with Crippen molar-refractivity contribution >= 4 is 26.6 Å². The molecule has 3 heteroatoms. The summed E-state index contributed by atoms with van der Waals surface area (Å²) in [7, 11) is 2.51. The molecule has 0 aromatic carbocycles. The second kappa shape index (κ2) is 3.63.